The summed E-state index contributed by atoms with van der Waals surface area (Å²) in [6.07, 6.45) is 0. The number of nitrogens with zero attached hydrogens (tertiary/aromatic N) is 3. The minimum absolute atomic E-state index is 0.0231. The lowest BCUT2D eigenvalue weighted by molar-refractivity contribution is -0.117. The predicted octanol–water partition coefficient (Wildman–Crippen LogP) is 4.04. The van der Waals surface area contributed by atoms with Crippen LogP contribution in [0.25, 0.3) is 0 Å². The van der Waals surface area contributed by atoms with Crippen molar-refractivity contribution in [1.29, 1.82) is 0 Å². The number of hydrogen-bond donors (Lipinski definition) is 1. The molecule has 6 nitrogen and oxygen atoms in total. The summed E-state index contributed by atoms with van der Waals surface area (Å²) in [7, 11) is 0. The molecule has 1 aliphatic rings. The second kappa shape index (κ2) is 6.64. The molecule has 4 rings (SSSR count). The zero-order valence-corrected chi connectivity index (χ0v) is 15.4. The van der Waals surface area contributed by atoms with Gasteiger partial charge in [0.25, 0.3) is 5.91 Å². The number of halogens is 1. The second-order valence-electron chi connectivity index (χ2n) is 5.42. The van der Waals surface area contributed by atoms with Crippen molar-refractivity contribution >= 4 is 51.1 Å². The molecule has 1 N–H and O–H groups in total. The maximum absolute atomic E-state index is 13.0. The van der Waals surface area contributed by atoms with Crippen LogP contribution in [0.15, 0.2) is 58.6 Å². The Bertz CT molecular complexity index is 999. The Morgan fingerprint density at radius 1 is 1.19 bits per heavy atom. The van der Waals surface area contributed by atoms with Crippen molar-refractivity contribution in [3.05, 3.63) is 74.1 Å². The van der Waals surface area contributed by atoms with Gasteiger partial charge in [0.1, 0.15) is 5.51 Å². The van der Waals surface area contributed by atoms with Crippen molar-refractivity contribution in [2.75, 3.05) is 4.90 Å². The summed E-state index contributed by atoms with van der Waals surface area (Å²) in [5, 5.41) is 20.8. The van der Waals surface area contributed by atoms with Crippen LogP contribution in [0.1, 0.15) is 21.3 Å². The number of thiophene rings is 1. The van der Waals surface area contributed by atoms with Crippen molar-refractivity contribution in [2.45, 2.75) is 6.04 Å². The summed E-state index contributed by atoms with van der Waals surface area (Å²) in [5.74, 6) is -1.64. The van der Waals surface area contributed by atoms with Gasteiger partial charge in [-0.2, -0.15) is 0 Å². The number of hydrogen-bond acceptors (Lipinski definition) is 7. The second-order valence-corrected chi connectivity index (χ2v) is 7.62. The summed E-state index contributed by atoms with van der Waals surface area (Å²) in [6, 6.07) is 9.37. The first-order valence-corrected chi connectivity index (χ1v) is 9.58. The average Bonchev–Trinajstić information content (AvgIpc) is 3.38. The Morgan fingerprint density at radius 2 is 1.96 bits per heavy atom. The van der Waals surface area contributed by atoms with Crippen LogP contribution in [0.4, 0.5) is 5.13 Å². The molecule has 3 aromatic rings. The lowest BCUT2D eigenvalue weighted by atomic mass is 9.95. The number of carbonyl (C=O) groups is 2. The van der Waals surface area contributed by atoms with E-state index in [1.165, 1.54) is 21.7 Å². The van der Waals surface area contributed by atoms with Crippen molar-refractivity contribution < 1.29 is 14.7 Å². The van der Waals surface area contributed by atoms with Crippen LogP contribution in [-0.4, -0.2) is 27.0 Å². The molecular formula is C17H10ClN3O3S2. The molecule has 0 saturated heterocycles. The predicted molar refractivity (Wildman–Crippen MR) is 99.9 cm³/mol. The number of benzene rings is 1. The van der Waals surface area contributed by atoms with Crippen molar-refractivity contribution in [3.63, 3.8) is 0 Å². The van der Waals surface area contributed by atoms with Crippen LogP contribution in [0.5, 0.6) is 0 Å². The fourth-order valence-corrected chi connectivity index (χ4v) is 4.20. The molecule has 0 unspecified atom stereocenters. The van der Waals surface area contributed by atoms with Crippen LogP contribution in [0, 0.1) is 0 Å². The standard InChI is InChI=1S/C17H10ClN3O3S2/c18-10-5-3-9(4-6-10)13-12(14(22)11-2-1-7-25-11)15(23)16(24)21(13)17-20-19-8-26-17/h1-8,13,23H/t13-/m1/s1. The molecule has 0 spiro atoms. The van der Waals surface area contributed by atoms with Gasteiger partial charge >= 0.3 is 0 Å². The highest BCUT2D eigenvalue weighted by atomic mass is 35.5. The maximum Gasteiger partial charge on any atom is 0.296 e. The minimum Gasteiger partial charge on any atom is -0.503 e. The maximum atomic E-state index is 13.0. The molecule has 9 heteroatoms. The van der Waals surface area contributed by atoms with Gasteiger partial charge in [0.05, 0.1) is 16.5 Å². The quantitative estimate of drug-likeness (QED) is 0.665. The highest BCUT2D eigenvalue weighted by molar-refractivity contribution is 7.13. The summed E-state index contributed by atoms with van der Waals surface area (Å²) in [6.45, 7) is 0. The van der Waals surface area contributed by atoms with E-state index in [0.29, 0.717) is 20.6 Å². The number of ketones is 1. The van der Waals surface area contributed by atoms with Gasteiger partial charge in [-0.25, -0.2) is 0 Å². The minimum atomic E-state index is -0.803. The number of amides is 1. The molecule has 1 atom stereocenters. The molecule has 26 heavy (non-hydrogen) atoms. The van der Waals surface area contributed by atoms with Gasteiger partial charge < -0.3 is 5.11 Å². The lowest BCUT2D eigenvalue weighted by Gasteiger charge is -2.23. The molecular weight excluding hydrogens is 394 g/mol. The molecule has 0 aliphatic carbocycles. The van der Waals surface area contributed by atoms with E-state index in [4.69, 9.17) is 11.6 Å². The van der Waals surface area contributed by atoms with Gasteiger partial charge in [-0.05, 0) is 29.1 Å². The third kappa shape index (κ3) is 2.72. The van der Waals surface area contributed by atoms with Gasteiger partial charge in [0, 0.05) is 5.02 Å². The Labute approximate surface area is 161 Å². The van der Waals surface area contributed by atoms with Gasteiger partial charge in [-0.15, -0.1) is 21.5 Å². The molecule has 2 aromatic heterocycles. The normalized spacial score (nSPS) is 17.2. The fourth-order valence-electron chi connectivity index (χ4n) is 2.81. The molecule has 0 saturated carbocycles. The van der Waals surface area contributed by atoms with Gasteiger partial charge in [-0.1, -0.05) is 41.1 Å². The molecule has 3 heterocycles. The van der Waals surface area contributed by atoms with E-state index >= 15 is 0 Å². The van der Waals surface area contributed by atoms with Gasteiger partial charge in [0.2, 0.25) is 10.9 Å². The van der Waals surface area contributed by atoms with E-state index < -0.39 is 23.5 Å². The number of aromatic nitrogens is 2. The van der Waals surface area contributed by atoms with Crippen LogP contribution < -0.4 is 4.90 Å². The van der Waals surface area contributed by atoms with E-state index in [-0.39, 0.29) is 5.57 Å². The van der Waals surface area contributed by atoms with E-state index in [1.807, 2.05) is 0 Å². The lowest BCUT2D eigenvalue weighted by Crippen LogP contribution is -2.31. The summed E-state index contributed by atoms with van der Waals surface area (Å²) >= 11 is 8.36. The van der Waals surface area contributed by atoms with E-state index in [9.17, 15) is 14.7 Å². The molecule has 0 radical (unpaired) electrons. The number of rotatable bonds is 4. The zero-order valence-electron chi connectivity index (χ0n) is 13.0. The Morgan fingerprint density at radius 3 is 2.58 bits per heavy atom. The largest absolute Gasteiger partial charge is 0.503 e. The topological polar surface area (TPSA) is 83.4 Å². The number of Topliss-reactive ketones (excluding diaryl/α,β-unsaturated/α-hetero) is 1. The number of aliphatic hydroxyl groups excluding tert-OH is 1. The molecule has 1 aliphatic heterocycles. The van der Waals surface area contributed by atoms with Crippen LogP contribution in [0.2, 0.25) is 5.02 Å². The first-order chi connectivity index (χ1) is 12.6. The molecule has 0 fully saturated rings. The fraction of sp³-hybridized carbons (Fsp3) is 0.0588. The number of aliphatic hydroxyl groups is 1. The van der Waals surface area contributed by atoms with Crippen molar-refractivity contribution in [2.24, 2.45) is 0 Å². The smallest absolute Gasteiger partial charge is 0.296 e. The summed E-state index contributed by atoms with van der Waals surface area (Å²) in [5.41, 5.74) is 2.15. The molecule has 1 amide bonds. The van der Waals surface area contributed by atoms with E-state index in [0.717, 1.165) is 11.3 Å². The first kappa shape index (κ1) is 16.9. The van der Waals surface area contributed by atoms with Crippen molar-refractivity contribution in [1.82, 2.24) is 10.2 Å². The number of carbonyl (C=O) groups excluding carboxylic acids is 2. The average molecular weight is 404 g/mol. The van der Waals surface area contributed by atoms with Crippen LogP contribution >= 0.6 is 34.3 Å². The Hall–Kier alpha value is -2.55. The highest BCUT2D eigenvalue weighted by Crippen LogP contribution is 2.42. The van der Waals surface area contributed by atoms with E-state index in [1.54, 1.807) is 41.8 Å². The third-order valence-corrected chi connectivity index (χ3v) is 5.75. The monoisotopic (exact) mass is 403 g/mol. The van der Waals surface area contributed by atoms with Crippen molar-refractivity contribution in [3.8, 4) is 0 Å². The Balaban J connectivity index is 1.88. The van der Waals surface area contributed by atoms with Gasteiger partial charge in [0.15, 0.2) is 5.76 Å². The van der Waals surface area contributed by atoms with Crippen LogP contribution in [0.3, 0.4) is 0 Å². The number of anilines is 1. The van der Waals surface area contributed by atoms with Crippen LogP contribution in [-0.2, 0) is 4.79 Å². The summed E-state index contributed by atoms with van der Waals surface area (Å²) in [4.78, 5) is 27.4. The first-order valence-electron chi connectivity index (χ1n) is 7.44. The third-order valence-electron chi connectivity index (χ3n) is 3.94. The molecule has 1 aromatic carbocycles. The highest BCUT2D eigenvalue weighted by Gasteiger charge is 2.46. The summed E-state index contributed by atoms with van der Waals surface area (Å²) < 4.78 is 0. The Kier molecular flexibility index (Phi) is 4.31. The molecule has 130 valence electrons. The van der Waals surface area contributed by atoms with Gasteiger partial charge in [-0.3, -0.25) is 14.5 Å². The zero-order chi connectivity index (χ0) is 18.3. The SMILES string of the molecule is O=C(C1=C(O)C(=O)N(c2nncs2)[C@@H]1c1ccc(Cl)cc1)c1cccs1. The van der Waals surface area contributed by atoms with E-state index in [2.05, 4.69) is 10.2 Å². The molecule has 0 bridgehead atoms.